The average molecular weight is 464 g/mol. The van der Waals surface area contributed by atoms with E-state index >= 15 is 0 Å². The molecule has 1 saturated heterocycles. The number of likely N-dealkylation sites (tertiary alicyclic amines) is 1. The van der Waals surface area contributed by atoms with Crippen molar-refractivity contribution in [2.45, 2.75) is 45.1 Å². The molecule has 0 atom stereocenters. The van der Waals surface area contributed by atoms with Crippen LogP contribution in [0, 0.1) is 0 Å². The molecule has 0 bridgehead atoms. The standard InChI is InChI=1S/C17H26FNO.C8H9ClN2O/c18-11-1-4-15-20-17-9-7-16(8-10-17)6-5-14-19-12-2-3-13-19;9-7-3-1-6(2-4-7)5-11-8(10)12/h7-10H,1-6,11-15H2;1-4H,5H2,(H3,10,11,12). The zero-order valence-electron chi connectivity index (χ0n) is 18.7. The minimum Gasteiger partial charge on any atom is -0.494 e. The molecule has 176 valence electrons. The van der Waals surface area contributed by atoms with Gasteiger partial charge in [-0.15, -0.1) is 0 Å². The van der Waals surface area contributed by atoms with Crippen LogP contribution in [0.4, 0.5) is 9.18 Å². The average Bonchev–Trinajstić information content (AvgIpc) is 3.31. The van der Waals surface area contributed by atoms with Gasteiger partial charge in [0.05, 0.1) is 13.3 Å². The summed E-state index contributed by atoms with van der Waals surface area (Å²) in [6.45, 7) is 4.59. The predicted molar refractivity (Wildman–Crippen MR) is 129 cm³/mol. The summed E-state index contributed by atoms with van der Waals surface area (Å²) >= 11 is 5.66. The van der Waals surface area contributed by atoms with Crippen molar-refractivity contribution in [1.82, 2.24) is 10.2 Å². The van der Waals surface area contributed by atoms with Crippen LogP contribution in [0.15, 0.2) is 48.5 Å². The van der Waals surface area contributed by atoms with Crippen LogP contribution >= 0.6 is 11.6 Å². The van der Waals surface area contributed by atoms with Crippen molar-refractivity contribution < 1.29 is 13.9 Å². The van der Waals surface area contributed by atoms with E-state index in [1.807, 2.05) is 24.3 Å². The fourth-order valence-corrected chi connectivity index (χ4v) is 3.57. The second-order valence-electron chi connectivity index (χ2n) is 7.89. The molecular weight excluding hydrogens is 429 g/mol. The number of alkyl halides is 1. The molecule has 2 aromatic carbocycles. The molecule has 0 saturated carbocycles. The summed E-state index contributed by atoms with van der Waals surface area (Å²) in [5.74, 6) is 0.896. The third-order valence-electron chi connectivity index (χ3n) is 5.24. The van der Waals surface area contributed by atoms with Crippen molar-refractivity contribution in [2.75, 3.05) is 32.9 Å². The van der Waals surface area contributed by atoms with Gasteiger partial charge in [-0.25, -0.2) is 4.79 Å². The maximum absolute atomic E-state index is 11.9. The SMILES string of the molecule is FCCCCOc1ccc(CCCN2CCCC2)cc1.NC(=O)NCc1ccc(Cl)cc1. The number of halogens is 2. The topological polar surface area (TPSA) is 67.6 Å². The van der Waals surface area contributed by atoms with Crippen molar-refractivity contribution in [3.63, 3.8) is 0 Å². The highest BCUT2D eigenvalue weighted by atomic mass is 35.5. The Labute approximate surface area is 196 Å². The molecule has 1 fully saturated rings. The lowest BCUT2D eigenvalue weighted by Gasteiger charge is -2.14. The van der Waals surface area contributed by atoms with E-state index in [0.717, 1.165) is 24.2 Å². The molecule has 5 nitrogen and oxygen atoms in total. The van der Waals surface area contributed by atoms with Crippen LogP contribution in [0.2, 0.25) is 5.02 Å². The highest BCUT2D eigenvalue weighted by Gasteiger charge is 2.10. The Balaban J connectivity index is 0.000000258. The Kier molecular flexibility index (Phi) is 12.6. The first kappa shape index (κ1) is 25.9. The number of unbranched alkanes of at least 4 members (excludes halogenated alkanes) is 1. The van der Waals surface area contributed by atoms with Gasteiger partial charge in [0, 0.05) is 11.6 Å². The number of carbonyl (C=O) groups excluding carboxylic acids is 1. The number of benzene rings is 2. The normalized spacial score (nSPS) is 13.3. The van der Waals surface area contributed by atoms with Crippen molar-refractivity contribution in [2.24, 2.45) is 5.73 Å². The predicted octanol–water partition coefficient (Wildman–Crippen LogP) is 5.35. The van der Waals surface area contributed by atoms with Gasteiger partial charge in [0.1, 0.15) is 5.75 Å². The number of nitrogens with one attached hydrogen (secondary N) is 1. The smallest absolute Gasteiger partial charge is 0.312 e. The van der Waals surface area contributed by atoms with E-state index in [2.05, 4.69) is 22.3 Å². The van der Waals surface area contributed by atoms with Gasteiger partial charge in [0.15, 0.2) is 0 Å². The van der Waals surface area contributed by atoms with Crippen LogP contribution in [0.1, 0.15) is 43.2 Å². The van der Waals surface area contributed by atoms with E-state index in [4.69, 9.17) is 22.1 Å². The Morgan fingerprint density at radius 2 is 1.66 bits per heavy atom. The van der Waals surface area contributed by atoms with Gasteiger partial charge in [0.2, 0.25) is 0 Å². The largest absolute Gasteiger partial charge is 0.494 e. The number of hydrogen-bond acceptors (Lipinski definition) is 3. The maximum Gasteiger partial charge on any atom is 0.312 e. The number of hydrogen-bond donors (Lipinski definition) is 2. The number of rotatable bonds is 11. The maximum atomic E-state index is 11.9. The van der Waals surface area contributed by atoms with Gasteiger partial charge in [-0.3, -0.25) is 4.39 Å². The zero-order chi connectivity index (χ0) is 23.0. The number of nitrogens with two attached hydrogens (primary N) is 1. The lowest BCUT2D eigenvalue weighted by atomic mass is 10.1. The van der Waals surface area contributed by atoms with Crippen LogP contribution in [0.25, 0.3) is 0 Å². The van der Waals surface area contributed by atoms with Crippen LogP contribution in [-0.4, -0.2) is 43.8 Å². The van der Waals surface area contributed by atoms with Gasteiger partial charge >= 0.3 is 6.03 Å². The Hall–Kier alpha value is -2.31. The van der Waals surface area contributed by atoms with Gasteiger partial charge < -0.3 is 20.7 Å². The van der Waals surface area contributed by atoms with Crippen molar-refractivity contribution in [3.8, 4) is 5.75 Å². The van der Waals surface area contributed by atoms with Crippen LogP contribution < -0.4 is 15.8 Å². The van der Waals surface area contributed by atoms with Crippen molar-refractivity contribution in [1.29, 1.82) is 0 Å². The molecule has 0 spiro atoms. The number of amides is 2. The third-order valence-corrected chi connectivity index (χ3v) is 5.49. The van der Waals surface area contributed by atoms with E-state index < -0.39 is 6.03 Å². The summed E-state index contributed by atoms with van der Waals surface area (Å²) < 4.78 is 17.5. The number of primary amides is 1. The van der Waals surface area contributed by atoms with E-state index in [-0.39, 0.29) is 6.67 Å². The number of nitrogens with zero attached hydrogens (tertiary/aromatic N) is 1. The van der Waals surface area contributed by atoms with E-state index in [9.17, 15) is 9.18 Å². The summed E-state index contributed by atoms with van der Waals surface area (Å²) in [7, 11) is 0. The molecule has 0 aliphatic carbocycles. The quantitative estimate of drug-likeness (QED) is 0.441. The monoisotopic (exact) mass is 463 g/mol. The number of carbonyl (C=O) groups is 1. The minimum absolute atomic E-state index is 0.251. The molecule has 0 unspecified atom stereocenters. The summed E-state index contributed by atoms with van der Waals surface area (Å²) in [6.07, 6.45) is 6.49. The number of aryl methyl sites for hydroxylation is 1. The highest BCUT2D eigenvalue weighted by molar-refractivity contribution is 6.30. The molecule has 1 heterocycles. The van der Waals surface area contributed by atoms with Crippen LogP contribution in [0.3, 0.4) is 0 Å². The van der Waals surface area contributed by atoms with E-state index in [1.165, 1.54) is 44.5 Å². The summed E-state index contributed by atoms with van der Waals surface area (Å²) in [6, 6.07) is 15.0. The lowest BCUT2D eigenvalue weighted by Crippen LogP contribution is -2.28. The molecule has 1 aliphatic rings. The molecule has 1 aliphatic heterocycles. The first-order valence-electron chi connectivity index (χ1n) is 11.3. The Morgan fingerprint density at radius 3 is 2.28 bits per heavy atom. The number of urea groups is 1. The lowest BCUT2D eigenvalue weighted by molar-refractivity contribution is 0.248. The van der Waals surface area contributed by atoms with Gasteiger partial charge in [-0.1, -0.05) is 35.9 Å². The minimum atomic E-state index is -0.523. The first-order chi connectivity index (χ1) is 15.6. The molecule has 0 radical (unpaired) electrons. The fourth-order valence-electron chi connectivity index (χ4n) is 3.44. The Morgan fingerprint density at radius 1 is 1.00 bits per heavy atom. The van der Waals surface area contributed by atoms with Gasteiger partial charge in [0.25, 0.3) is 0 Å². The second-order valence-corrected chi connectivity index (χ2v) is 8.32. The molecule has 2 aromatic rings. The highest BCUT2D eigenvalue weighted by Crippen LogP contribution is 2.15. The first-order valence-corrected chi connectivity index (χ1v) is 11.7. The van der Waals surface area contributed by atoms with E-state index in [0.29, 0.717) is 24.6 Å². The molecular formula is C25H35ClFN3O2. The summed E-state index contributed by atoms with van der Waals surface area (Å²) in [5.41, 5.74) is 7.24. The summed E-state index contributed by atoms with van der Waals surface area (Å²) in [5, 5.41) is 3.16. The third kappa shape index (κ3) is 11.3. The number of ether oxygens (including phenoxy) is 1. The van der Waals surface area contributed by atoms with Crippen LogP contribution in [-0.2, 0) is 13.0 Å². The molecule has 3 rings (SSSR count). The van der Waals surface area contributed by atoms with Gasteiger partial charge in [-0.05, 0) is 93.6 Å². The van der Waals surface area contributed by atoms with Gasteiger partial charge in [-0.2, -0.15) is 0 Å². The van der Waals surface area contributed by atoms with Crippen LogP contribution in [0.5, 0.6) is 5.75 Å². The molecule has 0 aromatic heterocycles. The molecule has 3 N–H and O–H groups in total. The summed E-state index contributed by atoms with van der Waals surface area (Å²) in [4.78, 5) is 12.9. The molecule has 32 heavy (non-hydrogen) atoms. The zero-order valence-corrected chi connectivity index (χ0v) is 19.5. The second kappa shape index (κ2) is 15.5. The Bertz CT molecular complexity index is 766. The molecule has 7 heteroatoms. The van der Waals surface area contributed by atoms with E-state index in [1.54, 1.807) is 12.1 Å². The van der Waals surface area contributed by atoms with Crippen molar-refractivity contribution >= 4 is 17.6 Å². The fraction of sp³-hybridized carbons (Fsp3) is 0.480. The molecule has 2 amide bonds. The van der Waals surface area contributed by atoms with Crippen molar-refractivity contribution in [3.05, 3.63) is 64.7 Å².